The van der Waals surface area contributed by atoms with Crippen LogP contribution in [0.5, 0.6) is 0 Å². The summed E-state index contributed by atoms with van der Waals surface area (Å²) in [7, 11) is 0. The van der Waals surface area contributed by atoms with E-state index < -0.39 is 0 Å². The van der Waals surface area contributed by atoms with Crippen LogP contribution >= 0.6 is 0 Å². The number of hydrogen-bond acceptors (Lipinski definition) is 6. The number of hydrogen-bond donors (Lipinski definition) is 1. The van der Waals surface area contributed by atoms with Crippen LogP contribution in [0, 0.1) is 12.7 Å². The van der Waals surface area contributed by atoms with Crippen LogP contribution in [0.3, 0.4) is 0 Å². The van der Waals surface area contributed by atoms with Crippen LogP contribution in [0.2, 0.25) is 0 Å². The number of aromatic nitrogens is 2. The number of carbonyl (C=O) groups excluding carboxylic acids is 1. The molecular formula is C23H27FN4O3. The number of morpholine rings is 1. The molecule has 4 rings (SSSR count). The van der Waals surface area contributed by atoms with E-state index in [0.29, 0.717) is 42.1 Å². The second-order valence-corrected chi connectivity index (χ2v) is 8.12. The Kier molecular flexibility index (Phi) is 6.29. The lowest BCUT2D eigenvalue weighted by Crippen LogP contribution is -2.43. The number of rotatable bonds is 6. The van der Waals surface area contributed by atoms with Crippen LogP contribution in [0.1, 0.15) is 53.1 Å². The number of nitrogens with one attached hydrogen (secondary N) is 1. The summed E-state index contributed by atoms with van der Waals surface area (Å²) in [6, 6.07) is 8.17. The molecule has 1 fully saturated rings. The summed E-state index contributed by atoms with van der Waals surface area (Å²) in [5, 5.41) is 7.69. The zero-order valence-electron chi connectivity index (χ0n) is 18.0. The number of pyridine rings is 1. The van der Waals surface area contributed by atoms with Crippen LogP contribution < -0.4 is 5.32 Å². The van der Waals surface area contributed by atoms with Crippen molar-refractivity contribution in [3.8, 4) is 0 Å². The van der Waals surface area contributed by atoms with E-state index >= 15 is 0 Å². The quantitative estimate of drug-likeness (QED) is 0.649. The maximum atomic E-state index is 13.5. The van der Waals surface area contributed by atoms with Crippen molar-refractivity contribution in [3.63, 3.8) is 0 Å². The van der Waals surface area contributed by atoms with Gasteiger partial charge in [0.1, 0.15) is 5.82 Å². The Morgan fingerprint density at radius 2 is 1.94 bits per heavy atom. The highest BCUT2D eigenvalue weighted by Crippen LogP contribution is 2.26. The number of benzene rings is 1. The van der Waals surface area contributed by atoms with Crippen molar-refractivity contribution < 1.29 is 18.4 Å². The number of nitrogens with zero attached hydrogens (tertiary/aromatic N) is 3. The Balaban J connectivity index is 1.60. The lowest BCUT2D eigenvalue weighted by atomic mass is 10.0. The van der Waals surface area contributed by atoms with Crippen molar-refractivity contribution in [3.05, 3.63) is 58.7 Å². The number of ether oxygens (including phenoxy) is 1. The molecule has 1 aliphatic rings. The molecule has 0 radical (unpaired) electrons. The van der Waals surface area contributed by atoms with Gasteiger partial charge in [-0.2, -0.15) is 0 Å². The van der Waals surface area contributed by atoms with Crippen LogP contribution in [0.15, 0.2) is 34.9 Å². The molecule has 1 atom stereocenters. The molecule has 164 valence electrons. The molecule has 3 aromatic rings. The van der Waals surface area contributed by atoms with E-state index in [1.165, 1.54) is 12.1 Å². The molecule has 1 aromatic carbocycles. The predicted octanol–water partition coefficient (Wildman–Crippen LogP) is 3.60. The molecule has 0 saturated carbocycles. The second kappa shape index (κ2) is 9.11. The highest BCUT2D eigenvalue weighted by Gasteiger charge is 2.25. The second-order valence-electron chi connectivity index (χ2n) is 8.12. The highest BCUT2D eigenvalue weighted by atomic mass is 19.1. The molecule has 2 aromatic heterocycles. The largest absolute Gasteiger partial charge is 0.379 e. The molecular weight excluding hydrogens is 399 g/mol. The first-order valence-electron chi connectivity index (χ1n) is 10.6. The fourth-order valence-electron chi connectivity index (χ4n) is 3.91. The van der Waals surface area contributed by atoms with Gasteiger partial charge in [-0.25, -0.2) is 9.37 Å². The molecule has 1 amide bonds. The van der Waals surface area contributed by atoms with Crippen molar-refractivity contribution in [2.45, 2.75) is 32.7 Å². The summed E-state index contributed by atoms with van der Waals surface area (Å²) in [6.45, 7) is 8.98. The summed E-state index contributed by atoms with van der Waals surface area (Å²) < 4.78 is 24.3. The Morgan fingerprint density at radius 3 is 2.61 bits per heavy atom. The van der Waals surface area contributed by atoms with E-state index in [1.54, 1.807) is 19.1 Å². The van der Waals surface area contributed by atoms with Gasteiger partial charge in [0.2, 0.25) is 0 Å². The van der Waals surface area contributed by atoms with Gasteiger partial charge in [-0.1, -0.05) is 31.1 Å². The lowest BCUT2D eigenvalue weighted by molar-refractivity contribution is 0.0162. The SMILES string of the molecule is Cc1noc2nc(C(C)C)cc(C(=O)NCC(c3ccc(F)cc3)N3CCOCC3)c12. The van der Waals surface area contributed by atoms with Gasteiger partial charge in [0.05, 0.1) is 35.9 Å². The molecule has 0 spiro atoms. The average Bonchev–Trinajstić information content (AvgIpc) is 3.16. The minimum Gasteiger partial charge on any atom is -0.379 e. The lowest BCUT2D eigenvalue weighted by Gasteiger charge is -2.35. The van der Waals surface area contributed by atoms with E-state index in [2.05, 4.69) is 20.4 Å². The van der Waals surface area contributed by atoms with Crippen LogP contribution in [-0.2, 0) is 4.74 Å². The van der Waals surface area contributed by atoms with E-state index in [-0.39, 0.29) is 23.7 Å². The minimum absolute atomic E-state index is 0.0843. The Bertz CT molecular complexity index is 1060. The molecule has 1 unspecified atom stereocenters. The van der Waals surface area contributed by atoms with Crippen molar-refractivity contribution in [2.75, 3.05) is 32.8 Å². The molecule has 0 bridgehead atoms. The Morgan fingerprint density at radius 1 is 1.23 bits per heavy atom. The maximum Gasteiger partial charge on any atom is 0.259 e. The minimum atomic E-state index is -0.281. The predicted molar refractivity (Wildman–Crippen MR) is 114 cm³/mol. The maximum absolute atomic E-state index is 13.5. The number of carbonyl (C=O) groups is 1. The summed E-state index contributed by atoms with van der Waals surface area (Å²) in [6.07, 6.45) is 0. The first kappa shape index (κ1) is 21.4. The van der Waals surface area contributed by atoms with Gasteiger partial charge >= 0.3 is 0 Å². The summed E-state index contributed by atoms with van der Waals surface area (Å²) in [5.74, 6) is -0.348. The van der Waals surface area contributed by atoms with Crippen molar-refractivity contribution in [1.29, 1.82) is 0 Å². The van der Waals surface area contributed by atoms with Gasteiger partial charge in [0, 0.05) is 25.3 Å². The third kappa shape index (κ3) is 4.60. The number of fused-ring (bicyclic) bond motifs is 1. The van der Waals surface area contributed by atoms with Crippen LogP contribution in [0.25, 0.3) is 11.1 Å². The Labute approximate surface area is 180 Å². The fourth-order valence-corrected chi connectivity index (χ4v) is 3.91. The van der Waals surface area contributed by atoms with Crippen LogP contribution in [0.4, 0.5) is 4.39 Å². The zero-order valence-corrected chi connectivity index (χ0v) is 18.0. The molecule has 7 nitrogen and oxygen atoms in total. The normalized spacial score (nSPS) is 16.0. The molecule has 1 saturated heterocycles. The molecule has 31 heavy (non-hydrogen) atoms. The van der Waals surface area contributed by atoms with E-state index in [4.69, 9.17) is 9.26 Å². The number of aryl methyl sites for hydroxylation is 1. The van der Waals surface area contributed by atoms with Gasteiger partial charge < -0.3 is 14.6 Å². The topological polar surface area (TPSA) is 80.5 Å². The van der Waals surface area contributed by atoms with Gasteiger partial charge in [-0.15, -0.1) is 0 Å². The first-order chi connectivity index (χ1) is 14.9. The number of amides is 1. The van der Waals surface area contributed by atoms with Crippen molar-refractivity contribution >= 4 is 17.0 Å². The smallest absolute Gasteiger partial charge is 0.259 e. The molecule has 0 aliphatic carbocycles. The van der Waals surface area contributed by atoms with Crippen molar-refractivity contribution in [2.24, 2.45) is 0 Å². The number of halogens is 1. The molecule has 1 aliphatic heterocycles. The van der Waals surface area contributed by atoms with Gasteiger partial charge in [-0.05, 0) is 36.6 Å². The van der Waals surface area contributed by atoms with E-state index in [9.17, 15) is 9.18 Å². The summed E-state index contributed by atoms with van der Waals surface area (Å²) >= 11 is 0. The van der Waals surface area contributed by atoms with Gasteiger partial charge in [-0.3, -0.25) is 9.69 Å². The van der Waals surface area contributed by atoms with Crippen LogP contribution in [-0.4, -0.2) is 53.8 Å². The molecule has 3 heterocycles. The third-order valence-electron chi connectivity index (χ3n) is 5.67. The Hall–Kier alpha value is -2.84. The fraction of sp³-hybridized carbons (Fsp3) is 0.435. The average molecular weight is 426 g/mol. The van der Waals surface area contributed by atoms with Gasteiger partial charge in [0.25, 0.3) is 11.6 Å². The highest BCUT2D eigenvalue weighted by molar-refractivity contribution is 6.06. The summed E-state index contributed by atoms with van der Waals surface area (Å²) in [5.41, 5.74) is 3.24. The van der Waals surface area contributed by atoms with Gasteiger partial charge in [0.15, 0.2) is 0 Å². The monoisotopic (exact) mass is 426 g/mol. The third-order valence-corrected chi connectivity index (χ3v) is 5.67. The molecule has 8 heteroatoms. The summed E-state index contributed by atoms with van der Waals surface area (Å²) in [4.78, 5) is 20.0. The molecule has 1 N–H and O–H groups in total. The van der Waals surface area contributed by atoms with E-state index in [1.807, 2.05) is 19.9 Å². The van der Waals surface area contributed by atoms with Crippen molar-refractivity contribution in [1.82, 2.24) is 20.4 Å². The first-order valence-corrected chi connectivity index (χ1v) is 10.6. The van der Waals surface area contributed by atoms with E-state index in [0.717, 1.165) is 24.3 Å². The zero-order chi connectivity index (χ0) is 22.0. The standard InChI is InChI=1S/C23H27FN4O3/c1-14(2)19-12-18(21-15(3)27-31-23(21)26-19)22(29)25-13-20(28-8-10-30-11-9-28)16-4-6-17(24)7-5-16/h4-7,12,14,20H,8-11,13H2,1-3H3,(H,25,29).